The number of nitrogens with one attached hydrogen (secondary N) is 3. The smallest absolute Gasteiger partial charge is 0.159 e. The van der Waals surface area contributed by atoms with E-state index in [4.69, 9.17) is 10.7 Å². The molecule has 0 bridgehead atoms. The monoisotopic (exact) mass is 524 g/mol. The lowest BCUT2D eigenvalue weighted by molar-refractivity contribution is 0.625. The number of pyridine rings is 2. The SMILES string of the molecule is C=S(=C)(C)NCc1cc(F)cc(-c2nccc3[nH]c(-c4n[nH]c5ccc(-c6cncc(N)c6)cc45)nc23)c1. The molecule has 0 aliphatic carbocycles. The molecular weight excluding hydrogens is 499 g/mol. The number of hydrogen-bond acceptors (Lipinski definition) is 6. The van der Waals surface area contributed by atoms with Gasteiger partial charge >= 0.3 is 0 Å². The molecule has 0 aliphatic rings. The minimum absolute atomic E-state index is 0.347. The zero-order valence-electron chi connectivity index (χ0n) is 20.6. The molecule has 8 nitrogen and oxygen atoms in total. The number of aromatic nitrogens is 6. The first-order chi connectivity index (χ1) is 18.2. The minimum atomic E-state index is -1.44. The molecule has 0 spiro atoms. The normalized spacial score (nSPS) is 11.9. The molecule has 0 radical (unpaired) electrons. The third-order valence-corrected chi connectivity index (χ3v) is 6.98. The molecule has 0 fully saturated rings. The average Bonchev–Trinajstić information content (AvgIpc) is 3.50. The van der Waals surface area contributed by atoms with Crippen molar-refractivity contribution >= 4 is 48.8 Å². The predicted octanol–water partition coefficient (Wildman–Crippen LogP) is 5.25. The molecule has 4 heterocycles. The lowest BCUT2D eigenvalue weighted by atomic mass is 10.0. The van der Waals surface area contributed by atoms with Crippen LogP contribution < -0.4 is 10.5 Å². The summed E-state index contributed by atoms with van der Waals surface area (Å²) < 4.78 is 17.9. The Morgan fingerprint density at radius 1 is 0.974 bits per heavy atom. The van der Waals surface area contributed by atoms with Crippen LogP contribution >= 0.6 is 9.39 Å². The lowest BCUT2D eigenvalue weighted by Crippen LogP contribution is -2.08. The summed E-state index contributed by atoms with van der Waals surface area (Å²) in [6.07, 6.45) is 7.01. The number of anilines is 1. The molecule has 5 N–H and O–H groups in total. The Labute approximate surface area is 218 Å². The third kappa shape index (κ3) is 4.62. The van der Waals surface area contributed by atoms with E-state index in [1.54, 1.807) is 18.6 Å². The van der Waals surface area contributed by atoms with Crippen molar-refractivity contribution in [3.05, 3.63) is 78.5 Å². The van der Waals surface area contributed by atoms with Crippen molar-refractivity contribution in [2.75, 3.05) is 12.0 Å². The number of benzene rings is 2. The van der Waals surface area contributed by atoms with Gasteiger partial charge in [-0.3, -0.25) is 19.8 Å². The number of nitrogen functional groups attached to an aromatic ring is 1. The zero-order chi connectivity index (χ0) is 26.4. The van der Waals surface area contributed by atoms with Crippen LogP contribution in [0.3, 0.4) is 0 Å². The first kappa shape index (κ1) is 23.8. The molecule has 0 amide bonds. The summed E-state index contributed by atoms with van der Waals surface area (Å²) in [6.45, 7) is 0.454. The largest absolute Gasteiger partial charge is 0.397 e. The predicted molar refractivity (Wildman–Crippen MR) is 157 cm³/mol. The van der Waals surface area contributed by atoms with Gasteiger partial charge in [0.05, 0.1) is 22.4 Å². The second-order valence-corrected chi connectivity index (χ2v) is 12.3. The molecule has 10 heteroatoms. The van der Waals surface area contributed by atoms with Crippen LogP contribution in [0.1, 0.15) is 5.56 Å². The Balaban J connectivity index is 1.43. The Hall–Kier alpha value is -4.54. The van der Waals surface area contributed by atoms with Crippen molar-refractivity contribution < 1.29 is 4.39 Å². The first-order valence-electron chi connectivity index (χ1n) is 11.8. The van der Waals surface area contributed by atoms with E-state index in [9.17, 15) is 4.39 Å². The third-order valence-electron chi connectivity index (χ3n) is 6.14. The number of nitrogens with two attached hydrogens (primary N) is 1. The highest BCUT2D eigenvalue weighted by Crippen LogP contribution is 2.33. The highest BCUT2D eigenvalue weighted by atomic mass is 32.2. The second kappa shape index (κ2) is 9.09. The zero-order valence-corrected chi connectivity index (χ0v) is 21.4. The van der Waals surface area contributed by atoms with Gasteiger partial charge in [0.25, 0.3) is 0 Å². The van der Waals surface area contributed by atoms with Crippen LogP contribution in [-0.2, 0) is 6.54 Å². The number of fused-ring (bicyclic) bond motifs is 2. The number of rotatable bonds is 6. The Bertz CT molecular complexity index is 1940. The van der Waals surface area contributed by atoms with Crippen LogP contribution in [0.4, 0.5) is 10.1 Å². The highest BCUT2D eigenvalue weighted by molar-refractivity contribution is 8.25. The molecule has 2 aromatic carbocycles. The standard InChI is InChI=1S/C28H25FN8S/c1-38(2,3)33-13-16-8-18(10-20(29)9-16)25-27-24(6-7-32-25)34-28(35-27)26-22-12-17(4-5-23(22)36-37-26)19-11-21(30)15-31-14-19/h4-12,14-15,33H,1-2,13,30H2,3H3,(H,34,35)(H,36,37). The maximum atomic E-state index is 14.6. The van der Waals surface area contributed by atoms with Gasteiger partial charge in [0, 0.05) is 41.6 Å². The van der Waals surface area contributed by atoms with E-state index in [-0.39, 0.29) is 5.82 Å². The van der Waals surface area contributed by atoms with E-state index < -0.39 is 9.39 Å². The van der Waals surface area contributed by atoms with Crippen LogP contribution in [0.5, 0.6) is 0 Å². The molecule has 38 heavy (non-hydrogen) atoms. The van der Waals surface area contributed by atoms with Gasteiger partial charge in [-0.25, -0.2) is 9.37 Å². The number of imidazole rings is 1. The Morgan fingerprint density at radius 2 is 1.84 bits per heavy atom. The number of hydrogen-bond donors (Lipinski definition) is 4. The van der Waals surface area contributed by atoms with E-state index in [0.29, 0.717) is 40.5 Å². The molecule has 6 aromatic rings. The van der Waals surface area contributed by atoms with Crippen molar-refractivity contribution in [1.29, 1.82) is 0 Å². The maximum Gasteiger partial charge on any atom is 0.159 e. The molecule has 190 valence electrons. The fourth-order valence-electron chi connectivity index (χ4n) is 4.40. The summed E-state index contributed by atoms with van der Waals surface area (Å²) >= 11 is 0. The van der Waals surface area contributed by atoms with Gasteiger partial charge in [0.2, 0.25) is 0 Å². The van der Waals surface area contributed by atoms with Gasteiger partial charge in [0.15, 0.2) is 5.82 Å². The van der Waals surface area contributed by atoms with Crippen LogP contribution in [0.15, 0.2) is 67.1 Å². The Kier molecular flexibility index (Phi) is 5.70. The van der Waals surface area contributed by atoms with Crippen LogP contribution in [0.2, 0.25) is 0 Å². The quantitative estimate of drug-likeness (QED) is 0.221. The number of nitrogens with zero attached hydrogens (tertiary/aromatic N) is 4. The summed E-state index contributed by atoms with van der Waals surface area (Å²) in [5, 5.41) is 8.50. The summed E-state index contributed by atoms with van der Waals surface area (Å²) in [7, 11) is -1.44. The number of H-pyrrole nitrogens is 2. The van der Waals surface area contributed by atoms with Crippen LogP contribution in [-0.4, -0.2) is 48.1 Å². The highest BCUT2D eigenvalue weighted by Gasteiger charge is 2.17. The Morgan fingerprint density at radius 3 is 2.66 bits per heavy atom. The summed E-state index contributed by atoms with van der Waals surface area (Å²) in [4.78, 5) is 17.0. The fourth-order valence-corrected chi connectivity index (χ4v) is 4.91. The van der Waals surface area contributed by atoms with Gasteiger partial charge < -0.3 is 10.7 Å². The van der Waals surface area contributed by atoms with E-state index in [2.05, 4.69) is 41.6 Å². The van der Waals surface area contributed by atoms with Crippen LogP contribution in [0, 0.1) is 5.82 Å². The van der Waals surface area contributed by atoms with Crippen molar-refractivity contribution in [1.82, 2.24) is 34.9 Å². The van der Waals surface area contributed by atoms with Gasteiger partial charge in [-0.15, -0.1) is 0 Å². The van der Waals surface area contributed by atoms with E-state index >= 15 is 0 Å². The fraction of sp³-hybridized carbons (Fsp3) is 0.0714. The van der Waals surface area contributed by atoms with Crippen molar-refractivity contribution in [2.45, 2.75) is 6.54 Å². The summed E-state index contributed by atoms with van der Waals surface area (Å²) in [5.74, 6) is 8.29. The van der Waals surface area contributed by atoms with E-state index in [1.807, 2.05) is 42.7 Å². The molecule has 4 aromatic heterocycles. The molecule has 0 saturated heterocycles. The van der Waals surface area contributed by atoms with Crippen LogP contribution in [0.25, 0.3) is 55.8 Å². The summed E-state index contributed by atoms with van der Waals surface area (Å²) in [6, 6.07) is 14.6. The molecule has 0 saturated carbocycles. The molecule has 6 rings (SSSR count). The summed E-state index contributed by atoms with van der Waals surface area (Å²) in [5.41, 5.74) is 13.3. The molecule has 0 unspecified atom stereocenters. The van der Waals surface area contributed by atoms with E-state index in [0.717, 1.165) is 33.1 Å². The maximum absolute atomic E-state index is 14.6. The molecule has 0 atom stereocenters. The second-order valence-electron chi connectivity index (χ2n) is 9.42. The topological polar surface area (TPSA) is 121 Å². The van der Waals surface area contributed by atoms with Gasteiger partial charge in [0.1, 0.15) is 17.0 Å². The lowest BCUT2D eigenvalue weighted by Gasteiger charge is -2.12. The van der Waals surface area contributed by atoms with E-state index in [1.165, 1.54) is 12.1 Å². The van der Waals surface area contributed by atoms with Gasteiger partial charge in [-0.05, 0) is 59.8 Å². The first-order valence-corrected chi connectivity index (χ1v) is 14.1. The molecular formula is C28H25FN8S. The number of halogens is 1. The molecule has 0 aliphatic heterocycles. The van der Waals surface area contributed by atoms with Crippen molar-refractivity contribution in [2.24, 2.45) is 0 Å². The average molecular weight is 525 g/mol. The van der Waals surface area contributed by atoms with Crippen molar-refractivity contribution in [3.8, 4) is 33.9 Å². The number of aromatic amines is 2. The van der Waals surface area contributed by atoms with Gasteiger partial charge in [-0.2, -0.15) is 14.5 Å². The van der Waals surface area contributed by atoms with Crippen molar-refractivity contribution in [3.63, 3.8) is 0 Å². The minimum Gasteiger partial charge on any atom is -0.397 e. The van der Waals surface area contributed by atoms with Gasteiger partial charge in [-0.1, -0.05) is 17.8 Å².